The summed E-state index contributed by atoms with van der Waals surface area (Å²) in [5, 5.41) is 35.3. The summed E-state index contributed by atoms with van der Waals surface area (Å²) in [7, 11) is 0.469. The average molecular weight is 377 g/mol. The average Bonchev–Trinajstić information content (AvgIpc) is 2.62. The largest absolute Gasteiger partial charge is 0.547 e. The molecule has 2 heterocycles. The molecular formula is C17H24BN3O6. The van der Waals surface area contributed by atoms with E-state index in [1.54, 1.807) is 19.2 Å². The lowest BCUT2D eigenvalue weighted by Crippen LogP contribution is -2.57. The number of aromatic carboxylic acids is 1. The Balaban J connectivity index is 1.59. The van der Waals surface area contributed by atoms with E-state index in [0.29, 0.717) is 18.7 Å². The van der Waals surface area contributed by atoms with Crippen LogP contribution in [0.2, 0.25) is 0 Å². The van der Waals surface area contributed by atoms with Gasteiger partial charge in [0.25, 0.3) is 0 Å². The Morgan fingerprint density at radius 2 is 2.19 bits per heavy atom. The topological polar surface area (TPSA) is 131 Å². The zero-order chi connectivity index (χ0) is 19.6. The molecule has 2 aliphatic rings. The number of para-hydroxylation sites is 1. The van der Waals surface area contributed by atoms with Crippen LogP contribution in [0.1, 0.15) is 22.3 Å². The van der Waals surface area contributed by atoms with Crippen LogP contribution in [-0.2, 0) is 11.2 Å². The number of amides is 1. The summed E-state index contributed by atoms with van der Waals surface area (Å²) in [6.45, 7) is 1.19. The van der Waals surface area contributed by atoms with Crippen molar-refractivity contribution in [3.05, 3.63) is 29.3 Å². The van der Waals surface area contributed by atoms with Gasteiger partial charge in [-0.15, -0.1) is 0 Å². The summed E-state index contributed by atoms with van der Waals surface area (Å²) in [5.74, 6) is -1.95. The number of likely N-dealkylation sites (tertiary alicyclic amines) is 1. The Morgan fingerprint density at radius 3 is 2.85 bits per heavy atom. The van der Waals surface area contributed by atoms with E-state index in [-0.39, 0.29) is 36.2 Å². The predicted molar refractivity (Wildman–Crippen MR) is 97.5 cm³/mol. The number of benzene rings is 1. The molecule has 10 heteroatoms. The fourth-order valence-corrected chi connectivity index (χ4v) is 3.65. The summed E-state index contributed by atoms with van der Waals surface area (Å²) in [6, 6.07) is 4.76. The molecule has 1 aromatic carbocycles. The molecule has 146 valence electrons. The lowest BCUT2D eigenvalue weighted by molar-refractivity contribution is -0.123. The zero-order valence-electron chi connectivity index (χ0n) is 15.1. The van der Waals surface area contributed by atoms with Crippen molar-refractivity contribution >= 4 is 19.0 Å². The standard InChI is InChI=1S/C17H24BN3O6/c1-19-12-5-6-21(8-13(12)22)9-15(23)20-14-7-10-3-2-4-11(17(24)25)16(10)27-18(14)26/h2-4,12-14,19,22,26H,5-9H2,1H3,(H,20,23)(H,24,25)/t12?,13?,14-/m0/s1. The molecule has 3 rings (SSSR count). The van der Waals surface area contributed by atoms with Crippen LogP contribution in [0.25, 0.3) is 0 Å². The number of carbonyl (C=O) groups excluding carboxylic acids is 1. The minimum absolute atomic E-state index is 0.0160. The first kappa shape index (κ1) is 19.6. The number of hydrogen-bond acceptors (Lipinski definition) is 7. The summed E-state index contributed by atoms with van der Waals surface area (Å²) in [5.41, 5.74) is 0.605. The van der Waals surface area contributed by atoms with Gasteiger partial charge in [-0.3, -0.25) is 9.69 Å². The van der Waals surface area contributed by atoms with Crippen LogP contribution in [-0.4, -0.2) is 83.9 Å². The molecule has 0 aliphatic carbocycles. The first-order valence-corrected chi connectivity index (χ1v) is 8.96. The number of carbonyl (C=O) groups is 2. The van der Waals surface area contributed by atoms with Gasteiger partial charge in [0.2, 0.25) is 5.91 Å². The Kier molecular flexibility index (Phi) is 6.00. The number of aliphatic hydroxyl groups excluding tert-OH is 1. The van der Waals surface area contributed by atoms with Crippen LogP contribution < -0.4 is 15.3 Å². The number of carboxylic acid groups (broad SMARTS) is 1. The third-order valence-corrected chi connectivity index (χ3v) is 5.10. The summed E-state index contributed by atoms with van der Waals surface area (Å²) in [6.07, 6.45) is 0.473. The van der Waals surface area contributed by atoms with Crippen molar-refractivity contribution in [2.45, 2.75) is 30.9 Å². The summed E-state index contributed by atoms with van der Waals surface area (Å²) in [4.78, 5) is 25.5. The molecule has 0 aromatic heterocycles. The monoisotopic (exact) mass is 377 g/mol. The smallest absolute Gasteiger partial charge is 0.534 e. The number of nitrogens with one attached hydrogen (secondary N) is 2. The molecule has 2 aliphatic heterocycles. The van der Waals surface area contributed by atoms with Gasteiger partial charge in [-0.1, -0.05) is 12.1 Å². The number of piperidine rings is 1. The Hall–Kier alpha value is -2.14. The summed E-state index contributed by atoms with van der Waals surface area (Å²) >= 11 is 0. The van der Waals surface area contributed by atoms with Crippen molar-refractivity contribution in [2.75, 3.05) is 26.7 Å². The number of nitrogens with zero attached hydrogens (tertiary/aromatic N) is 1. The highest BCUT2D eigenvalue weighted by Crippen LogP contribution is 2.30. The molecule has 0 spiro atoms. The molecule has 0 radical (unpaired) electrons. The molecule has 3 atom stereocenters. The van der Waals surface area contributed by atoms with Gasteiger partial charge in [-0.2, -0.15) is 0 Å². The van der Waals surface area contributed by atoms with E-state index >= 15 is 0 Å². The maximum Gasteiger partial charge on any atom is 0.547 e. The minimum atomic E-state index is -1.33. The summed E-state index contributed by atoms with van der Waals surface area (Å²) < 4.78 is 5.37. The molecule has 5 N–H and O–H groups in total. The van der Waals surface area contributed by atoms with E-state index in [9.17, 15) is 24.8 Å². The Morgan fingerprint density at radius 1 is 1.41 bits per heavy atom. The van der Waals surface area contributed by atoms with Crippen molar-refractivity contribution in [3.63, 3.8) is 0 Å². The van der Waals surface area contributed by atoms with Crippen LogP contribution in [0.4, 0.5) is 0 Å². The fourth-order valence-electron chi connectivity index (χ4n) is 3.65. The van der Waals surface area contributed by atoms with Crippen molar-refractivity contribution in [2.24, 2.45) is 0 Å². The highest BCUT2D eigenvalue weighted by molar-refractivity contribution is 6.47. The third-order valence-electron chi connectivity index (χ3n) is 5.10. The van der Waals surface area contributed by atoms with Crippen molar-refractivity contribution in [3.8, 4) is 5.75 Å². The molecule has 0 saturated carbocycles. The molecule has 9 nitrogen and oxygen atoms in total. The highest BCUT2D eigenvalue weighted by atomic mass is 16.5. The predicted octanol–water partition coefficient (Wildman–Crippen LogP) is -1.52. The van der Waals surface area contributed by atoms with E-state index < -0.39 is 25.1 Å². The lowest BCUT2D eigenvalue weighted by Gasteiger charge is -2.35. The van der Waals surface area contributed by atoms with Gasteiger partial charge in [-0.05, 0) is 31.5 Å². The number of carboxylic acids is 1. The number of β-amino-alcohol motifs (C(OH)–C–C–N with tert-alkyl or cyclic N) is 1. The Labute approximate surface area is 157 Å². The van der Waals surface area contributed by atoms with Gasteiger partial charge < -0.3 is 30.5 Å². The van der Waals surface area contributed by atoms with Crippen LogP contribution in [0, 0.1) is 0 Å². The molecule has 0 bridgehead atoms. The number of aliphatic hydroxyl groups is 1. The van der Waals surface area contributed by atoms with Gasteiger partial charge in [0.15, 0.2) is 0 Å². The van der Waals surface area contributed by atoms with Crippen LogP contribution >= 0.6 is 0 Å². The second kappa shape index (κ2) is 8.26. The van der Waals surface area contributed by atoms with Crippen LogP contribution in [0.3, 0.4) is 0 Å². The van der Waals surface area contributed by atoms with Crippen LogP contribution in [0.15, 0.2) is 18.2 Å². The maximum atomic E-state index is 12.4. The van der Waals surface area contributed by atoms with Crippen molar-refractivity contribution < 1.29 is 29.5 Å². The van der Waals surface area contributed by atoms with E-state index in [1.165, 1.54) is 6.07 Å². The van der Waals surface area contributed by atoms with Gasteiger partial charge in [0.1, 0.15) is 5.75 Å². The van der Waals surface area contributed by atoms with Crippen LogP contribution in [0.5, 0.6) is 5.75 Å². The number of likely N-dealkylation sites (N-methyl/N-ethyl adjacent to an activating group) is 1. The molecule has 1 saturated heterocycles. The van der Waals surface area contributed by atoms with Gasteiger partial charge in [0, 0.05) is 19.1 Å². The molecule has 1 aromatic rings. The first-order valence-electron chi connectivity index (χ1n) is 8.96. The fraction of sp³-hybridized carbons (Fsp3) is 0.529. The van der Waals surface area contributed by atoms with E-state index in [4.69, 9.17) is 4.65 Å². The zero-order valence-corrected chi connectivity index (χ0v) is 15.1. The van der Waals surface area contributed by atoms with E-state index in [1.807, 2.05) is 4.90 Å². The number of hydrogen-bond donors (Lipinski definition) is 5. The van der Waals surface area contributed by atoms with Gasteiger partial charge in [0.05, 0.1) is 24.2 Å². The Bertz CT molecular complexity index is 718. The number of fused-ring (bicyclic) bond motifs is 1. The molecule has 27 heavy (non-hydrogen) atoms. The number of rotatable bonds is 5. The highest BCUT2D eigenvalue weighted by Gasteiger charge is 2.38. The second-order valence-corrected chi connectivity index (χ2v) is 6.97. The van der Waals surface area contributed by atoms with Gasteiger partial charge in [-0.25, -0.2) is 4.79 Å². The molecule has 2 unspecified atom stereocenters. The molecular weight excluding hydrogens is 353 g/mol. The van der Waals surface area contributed by atoms with E-state index in [0.717, 1.165) is 6.42 Å². The van der Waals surface area contributed by atoms with E-state index in [2.05, 4.69) is 10.6 Å². The minimum Gasteiger partial charge on any atom is -0.534 e. The van der Waals surface area contributed by atoms with Gasteiger partial charge >= 0.3 is 13.1 Å². The SMILES string of the molecule is CNC1CCN(CC(=O)N[C@H]2Cc3cccc(C(=O)O)c3OB2O)CC1O. The third kappa shape index (κ3) is 4.41. The lowest BCUT2D eigenvalue weighted by atomic mass is 9.72. The van der Waals surface area contributed by atoms with Crippen molar-refractivity contribution in [1.29, 1.82) is 0 Å². The first-order chi connectivity index (χ1) is 12.9. The molecule has 1 amide bonds. The maximum absolute atomic E-state index is 12.4. The normalized spacial score (nSPS) is 25.4. The second-order valence-electron chi connectivity index (χ2n) is 6.97. The molecule has 1 fully saturated rings. The quantitative estimate of drug-likeness (QED) is 0.391. The van der Waals surface area contributed by atoms with Crippen molar-refractivity contribution in [1.82, 2.24) is 15.5 Å².